The van der Waals surface area contributed by atoms with Gasteiger partial charge in [-0.3, -0.25) is 0 Å². The van der Waals surface area contributed by atoms with Crippen LogP contribution in [0.1, 0.15) is 39.0 Å². The predicted octanol–water partition coefficient (Wildman–Crippen LogP) is 4.05. The molecule has 3 nitrogen and oxygen atoms in total. The molecule has 3 atom stereocenters. The minimum Gasteiger partial charge on any atom is -0.389 e. The van der Waals surface area contributed by atoms with E-state index in [1.807, 2.05) is 12.1 Å². The Bertz CT molecular complexity index is 410. The SMILES string of the molecule is CCC1CCCCC1OCC(O)CNc1ccc(I)cc1. The second kappa shape index (κ2) is 8.96. The maximum Gasteiger partial charge on any atom is 0.0945 e. The quantitative estimate of drug-likeness (QED) is 0.675. The minimum absolute atomic E-state index is 0.344. The highest BCUT2D eigenvalue weighted by atomic mass is 127. The fraction of sp³-hybridized carbons (Fsp3) is 0.647. The Kier molecular flexibility index (Phi) is 7.26. The number of nitrogens with one attached hydrogen (secondary N) is 1. The number of halogens is 1. The first-order valence-corrected chi connectivity index (χ1v) is 9.06. The lowest BCUT2D eigenvalue weighted by Crippen LogP contribution is -2.32. The molecule has 1 aromatic rings. The monoisotopic (exact) mass is 403 g/mol. The number of hydrogen-bond acceptors (Lipinski definition) is 3. The van der Waals surface area contributed by atoms with Gasteiger partial charge in [-0.25, -0.2) is 0 Å². The van der Waals surface area contributed by atoms with Crippen molar-refractivity contribution in [2.45, 2.75) is 51.2 Å². The van der Waals surface area contributed by atoms with Gasteiger partial charge >= 0.3 is 0 Å². The van der Waals surface area contributed by atoms with E-state index in [0.717, 1.165) is 12.1 Å². The maximum absolute atomic E-state index is 10.1. The first kappa shape index (κ1) is 17.0. The average Bonchev–Trinajstić information content (AvgIpc) is 2.52. The summed E-state index contributed by atoms with van der Waals surface area (Å²) >= 11 is 2.28. The van der Waals surface area contributed by atoms with E-state index in [4.69, 9.17) is 4.74 Å². The van der Waals surface area contributed by atoms with Gasteiger partial charge in [0.25, 0.3) is 0 Å². The molecule has 0 saturated heterocycles. The van der Waals surface area contributed by atoms with Crippen LogP contribution in [-0.4, -0.2) is 30.5 Å². The van der Waals surface area contributed by atoms with Gasteiger partial charge in [0, 0.05) is 15.8 Å². The Morgan fingerprint density at radius 1 is 1.29 bits per heavy atom. The molecule has 0 radical (unpaired) electrons. The standard InChI is InChI=1S/C17H26INO2/c1-2-13-5-3-4-6-17(13)21-12-16(20)11-19-15-9-7-14(18)8-10-15/h7-10,13,16-17,19-20H,2-6,11-12H2,1H3. The lowest BCUT2D eigenvalue weighted by Gasteiger charge is -2.31. The van der Waals surface area contributed by atoms with Crippen LogP contribution in [0.15, 0.2) is 24.3 Å². The molecule has 0 aliphatic heterocycles. The van der Waals surface area contributed by atoms with Crippen molar-refractivity contribution in [2.24, 2.45) is 5.92 Å². The molecule has 0 amide bonds. The number of ether oxygens (including phenoxy) is 1. The van der Waals surface area contributed by atoms with Crippen molar-refractivity contribution in [3.63, 3.8) is 0 Å². The predicted molar refractivity (Wildman–Crippen MR) is 95.6 cm³/mol. The molecule has 0 spiro atoms. The highest BCUT2D eigenvalue weighted by Gasteiger charge is 2.24. The van der Waals surface area contributed by atoms with Gasteiger partial charge < -0.3 is 15.2 Å². The third-order valence-electron chi connectivity index (χ3n) is 4.25. The molecule has 3 unspecified atom stereocenters. The molecule has 1 aliphatic rings. The summed E-state index contributed by atoms with van der Waals surface area (Å²) in [7, 11) is 0. The van der Waals surface area contributed by atoms with E-state index < -0.39 is 6.10 Å². The number of aliphatic hydroxyl groups excluding tert-OH is 1. The molecule has 0 heterocycles. The van der Waals surface area contributed by atoms with Gasteiger partial charge in [0.05, 0.1) is 18.8 Å². The molecular weight excluding hydrogens is 377 g/mol. The van der Waals surface area contributed by atoms with Crippen molar-refractivity contribution in [3.8, 4) is 0 Å². The van der Waals surface area contributed by atoms with Crippen molar-refractivity contribution in [1.29, 1.82) is 0 Å². The fourth-order valence-corrected chi connectivity index (χ4v) is 3.32. The van der Waals surface area contributed by atoms with E-state index in [0.29, 0.717) is 25.2 Å². The third-order valence-corrected chi connectivity index (χ3v) is 4.97. The zero-order valence-electron chi connectivity index (χ0n) is 12.7. The second-order valence-corrected chi connectivity index (χ2v) is 7.11. The molecule has 21 heavy (non-hydrogen) atoms. The van der Waals surface area contributed by atoms with E-state index in [2.05, 4.69) is 47.0 Å². The summed E-state index contributed by atoms with van der Waals surface area (Å²) in [6, 6.07) is 8.17. The summed E-state index contributed by atoms with van der Waals surface area (Å²) in [6.07, 6.45) is 6.09. The van der Waals surface area contributed by atoms with Crippen LogP contribution in [0.4, 0.5) is 5.69 Å². The van der Waals surface area contributed by atoms with Gasteiger partial charge in [-0.2, -0.15) is 0 Å². The zero-order chi connectivity index (χ0) is 15.1. The van der Waals surface area contributed by atoms with E-state index in [9.17, 15) is 5.11 Å². The minimum atomic E-state index is -0.455. The number of rotatable bonds is 7. The van der Waals surface area contributed by atoms with Crippen LogP contribution >= 0.6 is 22.6 Å². The molecule has 4 heteroatoms. The molecule has 1 fully saturated rings. The summed E-state index contributed by atoms with van der Waals surface area (Å²) in [5, 5.41) is 13.3. The summed E-state index contributed by atoms with van der Waals surface area (Å²) in [4.78, 5) is 0. The first-order chi connectivity index (χ1) is 10.2. The highest BCUT2D eigenvalue weighted by molar-refractivity contribution is 14.1. The van der Waals surface area contributed by atoms with Gasteiger partial charge in [0.2, 0.25) is 0 Å². The molecule has 0 aromatic heterocycles. The smallest absolute Gasteiger partial charge is 0.0945 e. The van der Waals surface area contributed by atoms with E-state index >= 15 is 0 Å². The molecular formula is C17H26INO2. The van der Waals surface area contributed by atoms with Crippen LogP contribution in [0.5, 0.6) is 0 Å². The Labute approximate surface area is 141 Å². The van der Waals surface area contributed by atoms with Gasteiger partial charge in [-0.1, -0.05) is 26.2 Å². The van der Waals surface area contributed by atoms with Crippen LogP contribution in [-0.2, 0) is 4.74 Å². The van der Waals surface area contributed by atoms with Crippen molar-refractivity contribution >= 4 is 28.3 Å². The first-order valence-electron chi connectivity index (χ1n) is 7.98. The van der Waals surface area contributed by atoms with Crippen LogP contribution in [0.2, 0.25) is 0 Å². The fourth-order valence-electron chi connectivity index (χ4n) is 2.96. The average molecular weight is 403 g/mol. The Hall–Kier alpha value is -0.330. The molecule has 1 saturated carbocycles. The summed E-state index contributed by atoms with van der Waals surface area (Å²) in [6.45, 7) is 3.20. The number of hydrogen-bond donors (Lipinski definition) is 2. The molecule has 118 valence electrons. The van der Waals surface area contributed by atoms with Crippen molar-refractivity contribution in [3.05, 3.63) is 27.8 Å². The van der Waals surface area contributed by atoms with Gasteiger partial charge in [-0.05, 0) is 65.6 Å². The number of anilines is 1. The van der Waals surface area contributed by atoms with Crippen molar-refractivity contribution < 1.29 is 9.84 Å². The van der Waals surface area contributed by atoms with Crippen LogP contribution < -0.4 is 5.32 Å². The summed E-state index contributed by atoms with van der Waals surface area (Å²) < 4.78 is 7.18. The number of aliphatic hydroxyl groups is 1. The molecule has 2 N–H and O–H groups in total. The Morgan fingerprint density at radius 3 is 2.71 bits per heavy atom. The van der Waals surface area contributed by atoms with E-state index in [-0.39, 0.29) is 0 Å². The van der Waals surface area contributed by atoms with Crippen molar-refractivity contribution in [2.75, 3.05) is 18.5 Å². The van der Waals surface area contributed by atoms with Crippen molar-refractivity contribution in [1.82, 2.24) is 0 Å². The Morgan fingerprint density at radius 2 is 2.00 bits per heavy atom. The van der Waals surface area contributed by atoms with Gasteiger partial charge in [0.1, 0.15) is 0 Å². The van der Waals surface area contributed by atoms with E-state index in [1.54, 1.807) is 0 Å². The van der Waals surface area contributed by atoms with Gasteiger partial charge in [-0.15, -0.1) is 0 Å². The molecule has 1 aliphatic carbocycles. The molecule has 1 aromatic carbocycles. The Balaban J connectivity index is 1.69. The normalized spacial score (nSPS) is 23.8. The topological polar surface area (TPSA) is 41.5 Å². The third kappa shape index (κ3) is 5.75. The van der Waals surface area contributed by atoms with Crippen LogP contribution in [0, 0.1) is 9.49 Å². The maximum atomic E-state index is 10.1. The molecule has 2 rings (SSSR count). The lowest BCUT2D eigenvalue weighted by atomic mass is 9.85. The van der Waals surface area contributed by atoms with Gasteiger partial charge in [0.15, 0.2) is 0 Å². The highest BCUT2D eigenvalue weighted by Crippen LogP contribution is 2.29. The lowest BCUT2D eigenvalue weighted by molar-refractivity contribution is -0.0473. The second-order valence-electron chi connectivity index (χ2n) is 5.87. The van der Waals surface area contributed by atoms with E-state index in [1.165, 1.54) is 29.3 Å². The van der Waals surface area contributed by atoms with Crippen LogP contribution in [0.25, 0.3) is 0 Å². The summed E-state index contributed by atoms with van der Waals surface area (Å²) in [5.74, 6) is 0.676. The summed E-state index contributed by atoms with van der Waals surface area (Å²) in [5.41, 5.74) is 1.04. The largest absolute Gasteiger partial charge is 0.389 e. The molecule has 0 bridgehead atoms. The van der Waals surface area contributed by atoms with Crippen LogP contribution in [0.3, 0.4) is 0 Å². The number of benzene rings is 1. The zero-order valence-corrected chi connectivity index (χ0v) is 14.9.